The first-order valence-electron chi connectivity index (χ1n) is 4.60. The van der Waals surface area contributed by atoms with E-state index < -0.39 is 17.6 Å². The van der Waals surface area contributed by atoms with E-state index in [1.807, 2.05) is 0 Å². The van der Waals surface area contributed by atoms with Crippen molar-refractivity contribution in [2.45, 2.75) is 6.18 Å². The van der Waals surface area contributed by atoms with Crippen molar-refractivity contribution in [1.29, 1.82) is 0 Å². The van der Waals surface area contributed by atoms with E-state index in [0.717, 1.165) is 12.1 Å². The maximum atomic E-state index is 13.0. The lowest BCUT2D eigenvalue weighted by Crippen LogP contribution is -2.08. The molecule has 0 atom stereocenters. The van der Waals surface area contributed by atoms with Gasteiger partial charge in [-0.15, -0.1) is 0 Å². The fraction of sp³-hybridized carbons (Fsp3) is 0.200. The summed E-state index contributed by atoms with van der Waals surface area (Å²) >= 11 is 0. The third-order valence-corrected chi connectivity index (χ3v) is 2.13. The van der Waals surface area contributed by atoms with Gasteiger partial charge in [0.15, 0.2) is 5.82 Å². The van der Waals surface area contributed by atoms with Crippen LogP contribution in [-0.2, 0) is 13.2 Å². The van der Waals surface area contributed by atoms with E-state index in [1.54, 1.807) is 0 Å². The third kappa shape index (κ3) is 2.27. The van der Waals surface area contributed by atoms with E-state index in [2.05, 4.69) is 10.1 Å². The fourth-order valence-corrected chi connectivity index (χ4v) is 1.41. The van der Waals surface area contributed by atoms with Crippen molar-refractivity contribution in [1.82, 2.24) is 14.8 Å². The molecule has 2 aromatic rings. The van der Waals surface area contributed by atoms with Crippen LogP contribution in [0.5, 0.6) is 0 Å². The number of alkyl halides is 3. The van der Waals surface area contributed by atoms with Gasteiger partial charge in [0.25, 0.3) is 0 Å². The predicted molar refractivity (Wildman–Crippen MR) is 51.4 cm³/mol. The fourth-order valence-electron chi connectivity index (χ4n) is 1.41. The quantitative estimate of drug-likeness (QED) is 0.723. The lowest BCUT2D eigenvalue weighted by Gasteiger charge is -2.10. The van der Waals surface area contributed by atoms with Gasteiger partial charge < -0.3 is 0 Å². The minimum Gasteiger partial charge on any atom is -0.255 e. The highest BCUT2D eigenvalue weighted by atomic mass is 19.4. The Kier molecular flexibility index (Phi) is 2.60. The highest BCUT2D eigenvalue weighted by molar-refractivity contribution is 5.60. The van der Waals surface area contributed by atoms with Crippen LogP contribution < -0.4 is 0 Å². The molecule has 17 heavy (non-hydrogen) atoms. The summed E-state index contributed by atoms with van der Waals surface area (Å²) in [4.78, 5) is 3.69. The Balaban J connectivity index is 2.63. The van der Waals surface area contributed by atoms with Crippen molar-refractivity contribution < 1.29 is 17.6 Å². The Morgan fingerprint density at radius 1 is 1.24 bits per heavy atom. The van der Waals surface area contributed by atoms with Gasteiger partial charge in [-0.1, -0.05) is 0 Å². The molecular weight excluding hydrogens is 238 g/mol. The number of benzene rings is 1. The second kappa shape index (κ2) is 3.83. The molecule has 0 fully saturated rings. The average Bonchev–Trinajstić information content (AvgIpc) is 2.62. The SMILES string of the molecule is Cn1cnc(-c2cc(F)ccc2C(F)(F)F)n1. The number of aryl methyl sites for hydroxylation is 1. The molecule has 0 amide bonds. The van der Waals surface area contributed by atoms with E-state index in [0.29, 0.717) is 6.07 Å². The van der Waals surface area contributed by atoms with Crippen LogP contribution in [0.4, 0.5) is 17.6 Å². The molecule has 1 heterocycles. The van der Waals surface area contributed by atoms with E-state index in [9.17, 15) is 17.6 Å². The van der Waals surface area contributed by atoms with Crippen LogP contribution >= 0.6 is 0 Å². The smallest absolute Gasteiger partial charge is 0.255 e. The predicted octanol–water partition coefficient (Wildman–Crippen LogP) is 2.64. The summed E-state index contributed by atoms with van der Waals surface area (Å²) in [6.07, 6.45) is -3.32. The number of nitrogens with zero attached hydrogens (tertiary/aromatic N) is 3. The third-order valence-electron chi connectivity index (χ3n) is 2.13. The number of hydrogen-bond donors (Lipinski definition) is 0. The van der Waals surface area contributed by atoms with Crippen LogP contribution in [0, 0.1) is 5.82 Å². The van der Waals surface area contributed by atoms with Crippen LogP contribution in [0.3, 0.4) is 0 Å². The lowest BCUT2D eigenvalue weighted by atomic mass is 10.1. The van der Waals surface area contributed by atoms with Crippen molar-refractivity contribution in [3.8, 4) is 11.4 Å². The van der Waals surface area contributed by atoms with Gasteiger partial charge in [0.2, 0.25) is 0 Å². The number of rotatable bonds is 1. The second-order valence-corrected chi connectivity index (χ2v) is 3.43. The van der Waals surface area contributed by atoms with Gasteiger partial charge >= 0.3 is 6.18 Å². The van der Waals surface area contributed by atoms with Gasteiger partial charge in [0.1, 0.15) is 12.1 Å². The van der Waals surface area contributed by atoms with E-state index in [1.165, 1.54) is 18.1 Å². The molecule has 7 heteroatoms. The lowest BCUT2D eigenvalue weighted by molar-refractivity contribution is -0.137. The molecule has 90 valence electrons. The zero-order valence-electron chi connectivity index (χ0n) is 8.66. The molecule has 0 aliphatic carbocycles. The van der Waals surface area contributed by atoms with Crippen LogP contribution in [0.25, 0.3) is 11.4 Å². The van der Waals surface area contributed by atoms with E-state index in [-0.39, 0.29) is 11.4 Å². The summed E-state index contributed by atoms with van der Waals surface area (Å²) in [5.74, 6) is -0.917. The molecule has 1 aromatic carbocycles. The molecule has 1 aromatic heterocycles. The highest BCUT2D eigenvalue weighted by Crippen LogP contribution is 2.36. The molecule has 0 spiro atoms. The molecule has 0 aliphatic rings. The molecular formula is C10H7F4N3. The largest absolute Gasteiger partial charge is 0.417 e. The Hall–Kier alpha value is -1.92. The summed E-state index contributed by atoms with van der Waals surface area (Å²) < 4.78 is 52.3. The van der Waals surface area contributed by atoms with Crippen molar-refractivity contribution in [2.75, 3.05) is 0 Å². The van der Waals surface area contributed by atoms with Crippen molar-refractivity contribution >= 4 is 0 Å². The van der Waals surface area contributed by atoms with Crippen LogP contribution in [0.1, 0.15) is 5.56 Å². The Morgan fingerprint density at radius 2 is 1.94 bits per heavy atom. The Morgan fingerprint density at radius 3 is 2.47 bits per heavy atom. The topological polar surface area (TPSA) is 30.7 Å². The summed E-state index contributed by atoms with van der Waals surface area (Å²) in [6, 6.07) is 2.22. The summed E-state index contributed by atoms with van der Waals surface area (Å²) in [7, 11) is 1.52. The Labute approximate surface area is 93.7 Å². The van der Waals surface area contributed by atoms with Crippen molar-refractivity contribution in [2.24, 2.45) is 7.05 Å². The van der Waals surface area contributed by atoms with Gasteiger partial charge in [-0.3, -0.25) is 4.68 Å². The standard InChI is InChI=1S/C10H7F4N3/c1-17-5-15-9(16-17)7-4-6(11)2-3-8(7)10(12,13)14/h2-5H,1H3. The first kappa shape index (κ1) is 11.6. The van der Waals surface area contributed by atoms with Gasteiger partial charge in [0.05, 0.1) is 5.56 Å². The molecule has 3 nitrogen and oxygen atoms in total. The van der Waals surface area contributed by atoms with Gasteiger partial charge in [0, 0.05) is 12.6 Å². The normalized spacial score (nSPS) is 11.8. The van der Waals surface area contributed by atoms with Crippen LogP contribution in [0.15, 0.2) is 24.5 Å². The molecule has 0 unspecified atom stereocenters. The number of aromatic nitrogens is 3. The minimum absolute atomic E-state index is 0.153. The van der Waals surface area contributed by atoms with Gasteiger partial charge in [-0.05, 0) is 18.2 Å². The molecule has 0 bridgehead atoms. The van der Waals surface area contributed by atoms with E-state index >= 15 is 0 Å². The van der Waals surface area contributed by atoms with Crippen LogP contribution in [0.2, 0.25) is 0 Å². The summed E-state index contributed by atoms with van der Waals surface area (Å²) in [5, 5.41) is 3.74. The monoisotopic (exact) mass is 245 g/mol. The van der Waals surface area contributed by atoms with Crippen molar-refractivity contribution in [3.63, 3.8) is 0 Å². The first-order valence-corrected chi connectivity index (χ1v) is 4.60. The molecule has 0 saturated heterocycles. The average molecular weight is 245 g/mol. The molecule has 0 saturated carbocycles. The first-order chi connectivity index (χ1) is 7.88. The van der Waals surface area contributed by atoms with Crippen molar-refractivity contribution in [3.05, 3.63) is 35.9 Å². The maximum Gasteiger partial charge on any atom is 0.417 e. The van der Waals surface area contributed by atoms with E-state index in [4.69, 9.17) is 0 Å². The zero-order chi connectivity index (χ0) is 12.6. The molecule has 2 rings (SSSR count). The second-order valence-electron chi connectivity index (χ2n) is 3.43. The Bertz CT molecular complexity index is 545. The molecule has 0 radical (unpaired) electrons. The number of halogens is 4. The highest BCUT2D eigenvalue weighted by Gasteiger charge is 2.34. The summed E-state index contributed by atoms with van der Waals surface area (Å²) in [5.41, 5.74) is -1.32. The molecule has 0 N–H and O–H groups in total. The maximum absolute atomic E-state index is 13.0. The van der Waals surface area contributed by atoms with Crippen LogP contribution in [-0.4, -0.2) is 14.8 Å². The molecule has 0 aliphatic heterocycles. The minimum atomic E-state index is -4.57. The van der Waals surface area contributed by atoms with Gasteiger partial charge in [-0.2, -0.15) is 18.3 Å². The summed E-state index contributed by atoms with van der Waals surface area (Å²) in [6.45, 7) is 0. The van der Waals surface area contributed by atoms with Gasteiger partial charge in [-0.25, -0.2) is 9.37 Å². The number of hydrogen-bond acceptors (Lipinski definition) is 2. The zero-order valence-corrected chi connectivity index (χ0v) is 8.66.